The van der Waals surface area contributed by atoms with Gasteiger partial charge in [-0.1, -0.05) is 0 Å². The van der Waals surface area contributed by atoms with E-state index in [2.05, 4.69) is 0 Å². The molecule has 0 unspecified atom stereocenters. The molecule has 0 aliphatic carbocycles. The normalized spacial score (nSPS) is 10.9. The summed E-state index contributed by atoms with van der Waals surface area (Å²) in [6.45, 7) is 0. The van der Waals surface area contributed by atoms with Crippen LogP contribution in [-0.2, 0) is 7.05 Å². The molecule has 0 radical (unpaired) electrons. The Kier molecular flexibility index (Phi) is 1.96. The average molecular weight is 211 g/mol. The van der Waals surface area contributed by atoms with Crippen molar-refractivity contribution in [2.24, 2.45) is 7.05 Å². The minimum atomic E-state index is -1.27. The first kappa shape index (κ1) is 9.64. The van der Waals surface area contributed by atoms with Gasteiger partial charge in [-0.25, -0.2) is 13.6 Å². The zero-order chi connectivity index (χ0) is 11.2. The highest BCUT2D eigenvalue weighted by Crippen LogP contribution is 2.25. The second kappa shape index (κ2) is 3.05. The number of carboxylic acids is 1. The number of carbonyl (C=O) groups is 1. The third-order valence-electron chi connectivity index (χ3n) is 2.25. The van der Waals surface area contributed by atoms with Gasteiger partial charge in [0.25, 0.3) is 0 Å². The van der Waals surface area contributed by atoms with Gasteiger partial charge < -0.3 is 9.67 Å². The monoisotopic (exact) mass is 211 g/mol. The maximum absolute atomic E-state index is 13.4. The van der Waals surface area contributed by atoms with Crippen molar-refractivity contribution in [3.05, 3.63) is 35.5 Å². The van der Waals surface area contributed by atoms with Crippen LogP contribution in [0.4, 0.5) is 8.78 Å². The number of halogens is 2. The van der Waals surface area contributed by atoms with Crippen molar-refractivity contribution in [2.75, 3.05) is 0 Å². The molecule has 0 atom stereocenters. The summed E-state index contributed by atoms with van der Waals surface area (Å²) in [5.74, 6) is -2.64. The largest absolute Gasteiger partial charge is 0.478 e. The minimum absolute atomic E-state index is 0.0348. The van der Waals surface area contributed by atoms with E-state index in [0.29, 0.717) is 0 Å². The van der Waals surface area contributed by atoms with Crippen molar-refractivity contribution in [1.29, 1.82) is 0 Å². The van der Waals surface area contributed by atoms with Crippen LogP contribution in [0.3, 0.4) is 0 Å². The van der Waals surface area contributed by atoms with Gasteiger partial charge >= 0.3 is 5.97 Å². The molecule has 2 aromatic rings. The molecule has 0 saturated heterocycles. The molecule has 0 bridgehead atoms. The van der Waals surface area contributed by atoms with Gasteiger partial charge in [0.2, 0.25) is 0 Å². The quantitative estimate of drug-likeness (QED) is 0.785. The maximum atomic E-state index is 13.4. The number of carboxylic acid groups (broad SMARTS) is 1. The number of hydrogen-bond donors (Lipinski definition) is 1. The van der Waals surface area contributed by atoms with Crippen LogP contribution >= 0.6 is 0 Å². The number of nitrogens with zero attached hydrogens (tertiary/aromatic N) is 1. The lowest BCUT2D eigenvalue weighted by atomic mass is 10.1. The number of aryl methyl sites for hydroxylation is 1. The van der Waals surface area contributed by atoms with E-state index in [4.69, 9.17) is 5.11 Å². The summed E-state index contributed by atoms with van der Waals surface area (Å²) in [6.07, 6.45) is 1.19. The Morgan fingerprint density at radius 2 is 1.93 bits per heavy atom. The molecule has 0 saturated carbocycles. The number of hydrogen-bond acceptors (Lipinski definition) is 1. The molecule has 0 amide bonds. The maximum Gasteiger partial charge on any atom is 0.337 e. The number of rotatable bonds is 1. The lowest BCUT2D eigenvalue weighted by Gasteiger charge is -1.98. The van der Waals surface area contributed by atoms with E-state index in [0.717, 1.165) is 12.1 Å². The van der Waals surface area contributed by atoms with Gasteiger partial charge in [0.1, 0.15) is 11.6 Å². The topological polar surface area (TPSA) is 42.2 Å². The lowest BCUT2D eigenvalue weighted by Crippen LogP contribution is -1.95. The zero-order valence-electron chi connectivity index (χ0n) is 7.79. The van der Waals surface area contributed by atoms with E-state index >= 15 is 0 Å². The van der Waals surface area contributed by atoms with Gasteiger partial charge in [-0.2, -0.15) is 0 Å². The predicted octanol–water partition coefficient (Wildman–Crippen LogP) is 2.15. The number of benzene rings is 1. The van der Waals surface area contributed by atoms with Gasteiger partial charge in [-0.3, -0.25) is 0 Å². The molecule has 1 N–H and O–H groups in total. The smallest absolute Gasteiger partial charge is 0.337 e. The molecule has 0 spiro atoms. The standard InChI is InChI=1S/C10H7F2NO2/c1-13-4-5(10(14)15)8-6(11)2-3-7(12)9(8)13/h2-4H,1H3,(H,14,15). The van der Waals surface area contributed by atoms with Crippen LogP contribution in [0.5, 0.6) is 0 Å². The zero-order valence-corrected chi connectivity index (χ0v) is 7.79. The van der Waals surface area contributed by atoms with Crippen molar-refractivity contribution < 1.29 is 18.7 Å². The molecular formula is C10H7F2NO2. The fourth-order valence-corrected chi connectivity index (χ4v) is 1.63. The summed E-state index contributed by atoms with van der Waals surface area (Å²) in [5.41, 5.74) is -0.267. The van der Waals surface area contributed by atoms with E-state index in [1.807, 2.05) is 0 Å². The Hall–Kier alpha value is -1.91. The highest BCUT2D eigenvalue weighted by Gasteiger charge is 2.18. The van der Waals surface area contributed by atoms with E-state index in [1.54, 1.807) is 0 Å². The highest BCUT2D eigenvalue weighted by atomic mass is 19.1. The van der Waals surface area contributed by atoms with Gasteiger partial charge in [0.05, 0.1) is 16.5 Å². The summed E-state index contributed by atoms with van der Waals surface area (Å²) >= 11 is 0. The third kappa shape index (κ3) is 1.27. The lowest BCUT2D eigenvalue weighted by molar-refractivity contribution is 0.0698. The molecule has 15 heavy (non-hydrogen) atoms. The van der Waals surface area contributed by atoms with Gasteiger partial charge in [-0.05, 0) is 12.1 Å². The fraction of sp³-hybridized carbons (Fsp3) is 0.100. The number of aromatic nitrogens is 1. The van der Waals surface area contributed by atoms with Crippen molar-refractivity contribution in [3.8, 4) is 0 Å². The van der Waals surface area contributed by atoms with E-state index in [1.165, 1.54) is 17.8 Å². The van der Waals surface area contributed by atoms with Crippen LogP contribution in [0.25, 0.3) is 10.9 Å². The Bertz CT molecular complexity index is 560. The van der Waals surface area contributed by atoms with Crippen molar-refractivity contribution in [2.45, 2.75) is 0 Å². The van der Waals surface area contributed by atoms with Crippen molar-refractivity contribution in [1.82, 2.24) is 4.57 Å². The van der Waals surface area contributed by atoms with Crippen LogP contribution in [0, 0.1) is 11.6 Å². The van der Waals surface area contributed by atoms with Gasteiger partial charge in [-0.15, -0.1) is 0 Å². The first-order chi connectivity index (χ1) is 7.02. The molecule has 2 rings (SSSR count). The van der Waals surface area contributed by atoms with Crippen LogP contribution in [0.2, 0.25) is 0 Å². The molecule has 0 aliphatic heterocycles. The average Bonchev–Trinajstić information content (AvgIpc) is 2.51. The fourth-order valence-electron chi connectivity index (χ4n) is 1.63. The number of aromatic carboxylic acids is 1. The molecule has 0 aliphatic rings. The summed E-state index contributed by atoms with van der Waals surface area (Å²) < 4.78 is 27.9. The van der Waals surface area contributed by atoms with E-state index in [-0.39, 0.29) is 16.5 Å². The second-order valence-corrected chi connectivity index (χ2v) is 3.21. The Balaban J connectivity index is 2.98. The molecule has 1 aromatic carbocycles. The molecule has 3 nitrogen and oxygen atoms in total. The predicted molar refractivity (Wildman–Crippen MR) is 49.8 cm³/mol. The molecule has 78 valence electrons. The summed E-state index contributed by atoms with van der Waals surface area (Å²) in [4.78, 5) is 10.8. The molecule has 0 fully saturated rings. The summed E-state index contributed by atoms with van der Waals surface area (Å²) in [6, 6.07) is 1.90. The molecule has 5 heteroatoms. The highest BCUT2D eigenvalue weighted by molar-refractivity contribution is 6.03. The van der Waals surface area contributed by atoms with E-state index < -0.39 is 17.6 Å². The van der Waals surface area contributed by atoms with Gasteiger partial charge in [0, 0.05) is 13.2 Å². The molecule has 1 aromatic heterocycles. The van der Waals surface area contributed by atoms with Crippen LogP contribution < -0.4 is 0 Å². The van der Waals surface area contributed by atoms with Crippen LogP contribution in [0.15, 0.2) is 18.3 Å². The Morgan fingerprint density at radius 3 is 2.53 bits per heavy atom. The van der Waals surface area contributed by atoms with Gasteiger partial charge in [0.15, 0.2) is 0 Å². The minimum Gasteiger partial charge on any atom is -0.478 e. The Labute approximate surface area is 83.5 Å². The second-order valence-electron chi connectivity index (χ2n) is 3.21. The SMILES string of the molecule is Cn1cc(C(=O)O)c2c(F)ccc(F)c21. The summed E-state index contributed by atoms with van der Waals surface area (Å²) in [5, 5.41) is 8.62. The van der Waals surface area contributed by atoms with Crippen molar-refractivity contribution >= 4 is 16.9 Å². The Morgan fingerprint density at radius 1 is 1.33 bits per heavy atom. The van der Waals surface area contributed by atoms with E-state index in [9.17, 15) is 13.6 Å². The molecular weight excluding hydrogens is 204 g/mol. The number of fused-ring (bicyclic) bond motifs is 1. The first-order valence-corrected chi connectivity index (χ1v) is 4.18. The van der Waals surface area contributed by atoms with Crippen LogP contribution in [0.1, 0.15) is 10.4 Å². The van der Waals surface area contributed by atoms with Crippen molar-refractivity contribution in [3.63, 3.8) is 0 Å². The summed E-state index contributed by atoms with van der Waals surface area (Å²) in [7, 11) is 1.47. The third-order valence-corrected chi connectivity index (χ3v) is 2.25. The first-order valence-electron chi connectivity index (χ1n) is 4.18. The molecule has 1 heterocycles. The van der Waals surface area contributed by atoms with Crippen LogP contribution in [-0.4, -0.2) is 15.6 Å².